The van der Waals surface area contributed by atoms with Crippen molar-refractivity contribution < 1.29 is 14.3 Å². The largest absolute Gasteiger partial charge is 0.447 e. The second kappa shape index (κ2) is 6.68. The molecule has 0 bridgehead atoms. The lowest BCUT2D eigenvalue weighted by molar-refractivity contribution is 0.0983. The first-order valence-corrected chi connectivity index (χ1v) is 4.96. The zero-order valence-corrected chi connectivity index (χ0v) is 9.23. The molecule has 0 radical (unpaired) electrons. The summed E-state index contributed by atoms with van der Waals surface area (Å²) in [6.45, 7) is 1.07. The minimum absolute atomic E-state index is 0.254. The van der Waals surface area contributed by atoms with Gasteiger partial charge in [-0.3, -0.25) is 0 Å². The number of nitrogens with two attached hydrogens (primary N) is 1. The van der Waals surface area contributed by atoms with Crippen LogP contribution in [0.15, 0.2) is 24.3 Å². The van der Waals surface area contributed by atoms with Crippen molar-refractivity contribution in [2.24, 2.45) is 0 Å². The van der Waals surface area contributed by atoms with Crippen molar-refractivity contribution in [3.05, 3.63) is 29.8 Å². The Morgan fingerprint density at radius 3 is 2.62 bits per heavy atom. The Morgan fingerprint density at radius 2 is 2.00 bits per heavy atom. The molecule has 1 aromatic carbocycles. The van der Waals surface area contributed by atoms with Gasteiger partial charge < -0.3 is 20.5 Å². The highest BCUT2D eigenvalue weighted by atomic mass is 16.6. The van der Waals surface area contributed by atoms with Gasteiger partial charge in [-0.1, -0.05) is 12.1 Å². The van der Waals surface area contributed by atoms with Crippen LogP contribution in [-0.2, 0) is 16.0 Å². The second-order valence-corrected chi connectivity index (χ2v) is 3.22. The van der Waals surface area contributed by atoms with E-state index in [2.05, 4.69) is 5.32 Å². The summed E-state index contributed by atoms with van der Waals surface area (Å²) in [7, 11) is 1.55. The number of amides is 1. The van der Waals surface area contributed by atoms with Crippen LogP contribution in [0.4, 0.5) is 10.5 Å². The van der Waals surface area contributed by atoms with E-state index < -0.39 is 6.09 Å². The Balaban J connectivity index is 2.23. The Kier molecular flexibility index (Phi) is 5.15. The van der Waals surface area contributed by atoms with Crippen LogP contribution in [0.5, 0.6) is 0 Å². The molecule has 16 heavy (non-hydrogen) atoms. The van der Waals surface area contributed by atoms with Crippen LogP contribution >= 0.6 is 0 Å². The van der Waals surface area contributed by atoms with E-state index in [0.717, 1.165) is 5.56 Å². The van der Waals surface area contributed by atoms with E-state index in [1.807, 2.05) is 12.1 Å². The van der Waals surface area contributed by atoms with Gasteiger partial charge in [0, 0.05) is 19.3 Å². The monoisotopic (exact) mass is 224 g/mol. The molecule has 0 aromatic heterocycles. The summed E-state index contributed by atoms with van der Waals surface area (Å²) >= 11 is 0. The lowest BCUT2D eigenvalue weighted by Crippen LogP contribution is -2.25. The van der Waals surface area contributed by atoms with E-state index in [1.165, 1.54) is 0 Å². The molecular weight excluding hydrogens is 208 g/mol. The van der Waals surface area contributed by atoms with Gasteiger partial charge in [-0.2, -0.15) is 0 Å². The van der Waals surface area contributed by atoms with Crippen LogP contribution in [0.25, 0.3) is 0 Å². The number of rotatable bonds is 5. The lowest BCUT2D eigenvalue weighted by Gasteiger charge is -2.06. The van der Waals surface area contributed by atoms with Crippen molar-refractivity contribution in [2.75, 3.05) is 26.1 Å². The molecule has 0 aliphatic heterocycles. The topological polar surface area (TPSA) is 73.6 Å². The smallest absolute Gasteiger partial charge is 0.407 e. The number of methoxy groups -OCH3 is 1. The van der Waals surface area contributed by atoms with Crippen LogP contribution < -0.4 is 11.1 Å². The van der Waals surface area contributed by atoms with Crippen LogP contribution in [0, 0.1) is 0 Å². The van der Waals surface area contributed by atoms with Crippen molar-refractivity contribution in [1.29, 1.82) is 0 Å². The summed E-state index contributed by atoms with van der Waals surface area (Å²) in [6, 6.07) is 7.27. The third-order valence-electron chi connectivity index (χ3n) is 1.94. The Morgan fingerprint density at radius 1 is 1.31 bits per heavy atom. The van der Waals surface area contributed by atoms with Crippen LogP contribution in [0.3, 0.4) is 0 Å². The molecule has 0 aliphatic rings. The molecule has 0 aliphatic carbocycles. The number of hydrogen-bond donors (Lipinski definition) is 2. The molecule has 5 nitrogen and oxygen atoms in total. The van der Waals surface area contributed by atoms with Crippen molar-refractivity contribution in [3.8, 4) is 0 Å². The zero-order valence-electron chi connectivity index (χ0n) is 9.23. The molecule has 1 rings (SSSR count). The van der Waals surface area contributed by atoms with Crippen molar-refractivity contribution in [1.82, 2.24) is 5.32 Å². The fraction of sp³-hybridized carbons (Fsp3) is 0.364. The lowest BCUT2D eigenvalue weighted by atomic mass is 10.2. The first-order chi connectivity index (χ1) is 7.72. The van der Waals surface area contributed by atoms with E-state index in [1.54, 1.807) is 19.2 Å². The molecule has 0 unspecified atom stereocenters. The molecule has 5 heteroatoms. The standard InChI is InChI=1S/C11H16N2O3/c1-15-6-7-16-11(14)13-8-9-2-4-10(12)5-3-9/h2-5H,6-8,12H2,1H3,(H,13,14). The number of anilines is 1. The highest BCUT2D eigenvalue weighted by molar-refractivity contribution is 5.67. The second-order valence-electron chi connectivity index (χ2n) is 3.22. The third-order valence-corrected chi connectivity index (χ3v) is 1.94. The molecule has 1 amide bonds. The van der Waals surface area contributed by atoms with E-state index in [4.69, 9.17) is 15.2 Å². The Hall–Kier alpha value is -1.75. The normalized spacial score (nSPS) is 9.81. The number of benzene rings is 1. The molecule has 1 aromatic rings. The van der Waals surface area contributed by atoms with Crippen LogP contribution in [0.1, 0.15) is 5.56 Å². The number of nitrogens with one attached hydrogen (secondary N) is 1. The van der Waals surface area contributed by atoms with Gasteiger partial charge in [0.05, 0.1) is 6.61 Å². The maximum atomic E-state index is 11.1. The van der Waals surface area contributed by atoms with Gasteiger partial charge in [-0.15, -0.1) is 0 Å². The zero-order chi connectivity index (χ0) is 11.8. The van der Waals surface area contributed by atoms with Gasteiger partial charge in [-0.05, 0) is 17.7 Å². The Labute approximate surface area is 94.5 Å². The highest BCUT2D eigenvalue weighted by Crippen LogP contribution is 2.04. The number of carbonyl (C=O) groups is 1. The number of hydrogen-bond acceptors (Lipinski definition) is 4. The summed E-state index contributed by atoms with van der Waals surface area (Å²) in [5.74, 6) is 0. The summed E-state index contributed by atoms with van der Waals surface area (Å²) < 4.78 is 9.58. The van der Waals surface area contributed by atoms with Gasteiger partial charge in [0.25, 0.3) is 0 Å². The average Bonchev–Trinajstić information content (AvgIpc) is 2.29. The number of nitrogen functional groups attached to an aromatic ring is 1. The number of ether oxygens (including phenoxy) is 2. The fourth-order valence-electron chi connectivity index (χ4n) is 1.08. The van der Waals surface area contributed by atoms with Gasteiger partial charge in [-0.25, -0.2) is 4.79 Å². The van der Waals surface area contributed by atoms with Gasteiger partial charge in [0.15, 0.2) is 0 Å². The van der Waals surface area contributed by atoms with Gasteiger partial charge in [0.1, 0.15) is 6.61 Å². The predicted molar refractivity (Wildman–Crippen MR) is 60.9 cm³/mol. The summed E-state index contributed by atoms with van der Waals surface area (Å²) in [5, 5.41) is 2.62. The summed E-state index contributed by atoms with van der Waals surface area (Å²) in [5.41, 5.74) is 7.21. The molecule has 0 atom stereocenters. The molecule has 0 saturated heterocycles. The molecule has 0 saturated carbocycles. The molecule has 88 valence electrons. The molecule has 0 heterocycles. The van der Waals surface area contributed by atoms with E-state index >= 15 is 0 Å². The SMILES string of the molecule is COCCOC(=O)NCc1ccc(N)cc1. The minimum atomic E-state index is -0.450. The quantitative estimate of drug-likeness (QED) is 0.581. The number of carbonyl (C=O) groups excluding carboxylic acids is 1. The van der Waals surface area contributed by atoms with Crippen LogP contribution in [-0.4, -0.2) is 26.4 Å². The van der Waals surface area contributed by atoms with E-state index in [9.17, 15) is 4.79 Å². The highest BCUT2D eigenvalue weighted by Gasteiger charge is 2.00. The molecular formula is C11H16N2O3. The van der Waals surface area contributed by atoms with Gasteiger partial charge >= 0.3 is 6.09 Å². The van der Waals surface area contributed by atoms with E-state index in [0.29, 0.717) is 18.8 Å². The van der Waals surface area contributed by atoms with Crippen molar-refractivity contribution >= 4 is 11.8 Å². The molecule has 0 fully saturated rings. The summed E-state index contributed by atoms with van der Waals surface area (Å²) in [6.07, 6.45) is -0.450. The third kappa shape index (κ3) is 4.65. The first kappa shape index (κ1) is 12.3. The number of alkyl carbamates (subject to hydrolysis) is 1. The average molecular weight is 224 g/mol. The summed E-state index contributed by atoms with van der Waals surface area (Å²) in [4.78, 5) is 11.1. The van der Waals surface area contributed by atoms with Crippen molar-refractivity contribution in [2.45, 2.75) is 6.54 Å². The maximum absolute atomic E-state index is 11.1. The molecule has 0 spiro atoms. The fourth-order valence-corrected chi connectivity index (χ4v) is 1.08. The van der Waals surface area contributed by atoms with E-state index in [-0.39, 0.29) is 6.61 Å². The van der Waals surface area contributed by atoms with Crippen molar-refractivity contribution in [3.63, 3.8) is 0 Å². The van der Waals surface area contributed by atoms with Gasteiger partial charge in [0.2, 0.25) is 0 Å². The first-order valence-electron chi connectivity index (χ1n) is 4.96. The Bertz CT molecular complexity index is 325. The molecule has 3 N–H and O–H groups in total. The predicted octanol–water partition coefficient (Wildman–Crippen LogP) is 1.14. The van der Waals surface area contributed by atoms with Crippen LogP contribution in [0.2, 0.25) is 0 Å². The maximum Gasteiger partial charge on any atom is 0.407 e. The minimum Gasteiger partial charge on any atom is -0.447 e.